The molecule has 0 saturated heterocycles. The predicted octanol–water partition coefficient (Wildman–Crippen LogP) is 4.70. The highest BCUT2D eigenvalue weighted by atomic mass is 32.1. The van der Waals surface area contributed by atoms with E-state index in [9.17, 15) is 9.59 Å². The van der Waals surface area contributed by atoms with E-state index in [1.54, 1.807) is 49.8 Å². The summed E-state index contributed by atoms with van der Waals surface area (Å²) in [5, 5.41) is 8.96. The second-order valence-corrected chi connectivity index (χ2v) is 7.67. The first-order valence-corrected chi connectivity index (χ1v) is 10.4. The molecule has 1 amide bonds. The molecule has 1 unspecified atom stereocenters. The number of ether oxygens (including phenoxy) is 1. The van der Waals surface area contributed by atoms with Gasteiger partial charge in [-0.2, -0.15) is 0 Å². The smallest absolute Gasteiger partial charge is 0.303 e. The quantitative estimate of drug-likeness (QED) is 0.444. The average molecular weight is 430 g/mol. The first-order chi connectivity index (χ1) is 15.0. The number of carboxylic acids is 1. The number of rotatable bonds is 11. The Balaban J connectivity index is 1.62. The molecule has 0 aliphatic rings. The molecule has 1 atom stereocenters. The largest absolute Gasteiger partial charge is 0.493 e. The molecule has 0 bridgehead atoms. The number of benzene rings is 1. The van der Waals surface area contributed by atoms with Crippen LogP contribution in [0, 0.1) is 0 Å². The molecule has 3 aromatic rings. The van der Waals surface area contributed by atoms with Crippen LogP contribution in [0.25, 0.3) is 10.6 Å². The maximum Gasteiger partial charge on any atom is 0.303 e. The van der Waals surface area contributed by atoms with Crippen LogP contribution in [0.2, 0.25) is 0 Å². The maximum absolute atomic E-state index is 12.9. The van der Waals surface area contributed by atoms with Crippen LogP contribution in [0.1, 0.15) is 42.4 Å². The predicted molar refractivity (Wildman–Crippen MR) is 114 cm³/mol. The Morgan fingerprint density at radius 3 is 2.83 bits per heavy atom. The van der Waals surface area contributed by atoms with Crippen molar-refractivity contribution < 1.29 is 25.2 Å². The molecule has 30 heavy (non-hydrogen) atoms. The van der Waals surface area contributed by atoms with Crippen molar-refractivity contribution in [3.63, 3.8) is 0 Å². The first-order valence-electron chi connectivity index (χ1n) is 10.2. The van der Waals surface area contributed by atoms with E-state index >= 15 is 0 Å². The van der Waals surface area contributed by atoms with Crippen molar-refractivity contribution in [1.29, 1.82) is 0 Å². The second kappa shape index (κ2) is 10.6. The first kappa shape index (κ1) is 20.2. The third-order valence-electron chi connectivity index (χ3n) is 4.32. The number of para-hydroxylation sites is 1. The summed E-state index contributed by atoms with van der Waals surface area (Å²) in [5.41, 5.74) is 0.576. The monoisotopic (exact) mass is 429 g/mol. The highest BCUT2D eigenvalue weighted by Gasteiger charge is 2.18. The molecule has 0 saturated carbocycles. The van der Waals surface area contributed by atoms with E-state index in [0.29, 0.717) is 36.5 Å². The van der Waals surface area contributed by atoms with Gasteiger partial charge in [0.05, 0.1) is 19.1 Å². The van der Waals surface area contributed by atoms with E-state index in [0.717, 1.165) is 11.3 Å². The van der Waals surface area contributed by atoms with Gasteiger partial charge in [-0.15, -0.1) is 11.3 Å². The summed E-state index contributed by atoms with van der Waals surface area (Å²) in [6, 6.07) is 10.7. The fourth-order valence-electron chi connectivity index (χ4n) is 2.78. The number of hydrogen-bond acceptors (Lipinski definition) is 6. The minimum atomic E-state index is -0.966. The zero-order valence-electron chi connectivity index (χ0n) is 17.6. The Kier molecular flexibility index (Phi) is 7.12. The molecule has 2 aromatic heterocycles. The Morgan fingerprint density at radius 1 is 1.23 bits per heavy atom. The van der Waals surface area contributed by atoms with Crippen LogP contribution in [0.15, 0.2) is 53.3 Å². The maximum atomic E-state index is 12.9. The number of aliphatic carboxylic acids is 1. The number of carbonyl (C=O) groups excluding carboxylic acids is 1. The fourth-order valence-corrected chi connectivity index (χ4v) is 3.65. The van der Waals surface area contributed by atoms with Gasteiger partial charge in [0, 0.05) is 31.7 Å². The number of furan rings is 1. The Bertz CT molecular complexity index is 1010. The molecule has 158 valence electrons. The van der Waals surface area contributed by atoms with Gasteiger partial charge < -0.3 is 19.2 Å². The van der Waals surface area contributed by atoms with Gasteiger partial charge in [0.1, 0.15) is 11.5 Å². The van der Waals surface area contributed by atoms with Crippen molar-refractivity contribution >= 4 is 23.2 Å². The lowest BCUT2D eigenvalue weighted by atomic mass is 10.2. The van der Waals surface area contributed by atoms with Crippen molar-refractivity contribution in [3.8, 4) is 16.4 Å². The molecular weight excluding hydrogens is 404 g/mol. The van der Waals surface area contributed by atoms with Gasteiger partial charge in [-0.05, 0) is 37.5 Å². The minimum Gasteiger partial charge on any atom is -0.493 e. The van der Waals surface area contributed by atoms with Crippen molar-refractivity contribution in [1.82, 2.24) is 9.88 Å². The Morgan fingerprint density at radius 2 is 2.07 bits per heavy atom. The van der Waals surface area contributed by atoms with Gasteiger partial charge in [-0.1, -0.05) is 18.2 Å². The van der Waals surface area contributed by atoms with Crippen LogP contribution in [-0.4, -0.2) is 40.5 Å². The third-order valence-corrected chi connectivity index (χ3v) is 5.32. The summed E-state index contributed by atoms with van der Waals surface area (Å²) >= 11 is 1.21. The van der Waals surface area contributed by atoms with Gasteiger partial charge in [0.2, 0.25) is 0 Å². The van der Waals surface area contributed by atoms with E-state index < -0.39 is 12.5 Å². The molecule has 0 radical (unpaired) electrons. The van der Waals surface area contributed by atoms with Gasteiger partial charge in [-0.25, -0.2) is 4.98 Å². The van der Waals surface area contributed by atoms with Crippen molar-refractivity contribution in [3.05, 3.63) is 59.4 Å². The zero-order valence-corrected chi connectivity index (χ0v) is 17.4. The molecule has 0 spiro atoms. The van der Waals surface area contributed by atoms with Gasteiger partial charge in [-0.3, -0.25) is 9.59 Å². The normalized spacial score (nSPS) is 12.2. The van der Waals surface area contributed by atoms with Crippen molar-refractivity contribution in [2.24, 2.45) is 0 Å². The van der Waals surface area contributed by atoms with Gasteiger partial charge in [0.25, 0.3) is 5.91 Å². The number of amides is 1. The summed E-state index contributed by atoms with van der Waals surface area (Å²) in [6.07, 6.45) is 5.37. The summed E-state index contributed by atoms with van der Waals surface area (Å²) in [6.45, 7) is -0.549. The fraction of sp³-hybridized carbons (Fsp3) is 0.318. The molecule has 0 fully saturated rings. The minimum absolute atomic E-state index is 0.149. The molecule has 2 heterocycles. The summed E-state index contributed by atoms with van der Waals surface area (Å²) in [5.74, 6) is 0.0262. The lowest BCUT2D eigenvalue weighted by Crippen LogP contribution is -2.26. The van der Waals surface area contributed by atoms with Crippen LogP contribution >= 0.6 is 11.3 Å². The third kappa shape index (κ3) is 5.93. The molecule has 0 aliphatic carbocycles. The van der Waals surface area contributed by atoms with Crippen molar-refractivity contribution in [2.45, 2.75) is 32.2 Å². The van der Waals surface area contributed by atoms with E-state index in [-0.39, 0.29) is 17.3 Å². The number of hydrogen-bond donors (Lipinski definition) is 1. The van der Waals surface area contributed by atoms with Crippen LogP contribution < -0.4 is 4.74 Å². The van der Waals surface area contributed by atoms with Gasteiger partial charge in [0.15, 0.2) is 5.01 Å². The Hall–Kier alpha value is -3.13. The average Bonchev–Trinajstić information content (AvgIpc) is 3.46. The number of thiazole rings is 1. The van der Waals surface area contributed by atoms with E-state index in [1.807, 2.05) is 6.07 Å². The standard InChI is InChI=1S/C22H24N2O5S/c1-24(22(27)21-23-14-19(30-21)18-10-7-13-29-18)15-16-8-4-5-9-17(16)28-12-6-2-3-11-20(25)26/h4-5,7-10,13-14H,2-3,6,11-12,15H2,1H3,(H,25,26)/i15D. The van der Waals surface area contributed by atoms with Crippen LogP contribution in [0.4, 0.5) is 0 Å². The lowest BCUT2D eigenvalue weighted by molar-refractivity contribution is -0.137. The number of unbranched alkanes of at least 4 members (excludes halogenated alkanes) is 2. The number of nitrogens with zero attached hydrogens (tertiary/aromatic N) is 2. The molecule has 3 rings (SSSR count). The lowest BCUT2D eigenvalue weighted by Gasteiger charge is -2.18. The molecule has 7 nitrogen and oxygen atoms in total. The molecule has 8 heteroatoms. The van der Waals surface area contributed by atoms with Crippen LogP contribution in [0.3, 0.4) is 0 Å². The highest BCUT2D eigenvalue weighted by Crippen LogP contribution is 2.27. The van der Waals surface area contributed by atoms with Crippen molar-refractivity contribution in [2.75, 3.05) is 13.7 Å². The number of aromatic nitrogens is 1. The topological polar surface area (TPSA) is 92.9 Å². The summed E-state index contributed by atoms with van der Waals surface area (Å²) < 4.78 is 19.8. The summed E-state index contributed by atoms with van der Waals surface area (Å²) in [7, 11) is 1.57. The second-order valence-electron chi connectivity index (χ2n) is 6.64. The molecular formula is C22H24N2O5S. The van der Waals surface area contributed by atoms with E-state index in [4.69, 9.17) is 15.6 Å². The summed E-state index contributed by atoms with van der Waals surface area (Å²) in [4.78, 5) is 29.7. The van der Waals surface area contributed by atoms with E-state index in [2.05, 4.69) is 4.98 Å². The molecule has 1 aromatic carbocycles. The SMILES string of the molecule is [2H]C(c1ccccc1OCCCCCC(=O)O)N(C)C(=O)c1ncc(-c2ccco2)s1. The number of carbonyl (C=O) groups is 2. The zero-order chi connectivity index (χ0) is 22.2. The van der Waals surface area contributed by atoms with Crippen LogP contribution in [-0.2, 0) is 11.3 Å². The Labute approximate surface area is 180 Å². The highest BCUT2D eigenvalue weighted by molar-refractivity contribution is 7.16. The van der Waals surface area contributed by atoms with Gasteiger partial charge >= 0.3 is 5.97 Å². The molecule has 0 aliphatic heterocycles. The molecule has 1 N–H and O–H groups in total. The van der Waals surface area contributed by atoms with E-state index in [1.165, 1.54) is 16.2 Å². The number of carboxylic acid groups (broad SMARTS) is 1. The van der Waals surface area contributed by atoms with Crippen LogP contribution in [0.5, 0.6) is 5.75 Å².